The molecule has 24 heavy (non-hydrogen) atoms. The number of halogens is 1. The fraction of sp³-hybridized carbons (Fsp3) is 0.188. The summed E-state index contributed by atoms with van der Waals surface area (Å²) >= 11 is 6.79. The van der Waals surface area contributed by atoms with Gasteiger partial charge in [-0.3, -0.25) is 14.5 Å². The first kappa shape index (κ1) is 16.5. The van der Waals surface area contributed by atoms with Gasteiger partial charge in [0.25, 0.3) is 0 Å². The second kappa shape index (κ2) is 7.06. The third-order valence-corrected chi connectivity index (χ3v) is 4.75. The molecule has 1 unspecified atom stereocenters. The maximum Gasteiger partial charge on any atom is 0.243 e. The van der Waals surface area contributed by atoms with Crippen molar-refractivity contribution in [3.05, 3.63) is 57.9 Å². The predicted octanol–water partition coefficient (Wildman–Crippen LogP) is 3.69. The van der Waals surface area contributed by atoms with Crippen molar-refractivity contribution in [1.29, 1.82) is 0 Å². The molecule has 2 N–H and O–H groups in total. The molecule has 8 heteroatoms. The smallest absolute Gasteiger partial charge is 0.243 e. The molecule has 3 aromatic rings. The summed E-state index contributed by atoms with van der Waals surface area (Å²) < 4.78 is 15.0. The number of hydrogen-bond acceptors (Lipinski definition) is 4. The minimum atomic E-state index is -0.520. The Morgan fingerprint density at radius 3 is 2.83 bits per heavy atom. The fourth-order valence-electron chi connectivity index (χ4n) is 2.30. The van der Waals surface area contributed by atoms with Gasteiger partial charge in [-0.25, -0.2) is 4.39 Å². The van der Waals surface area contributed by atoms with E-state index in [1.807, 2.05) is 17.5 Å². The second-order valence-corrected chi connectivity index (χ2v) is 6.55. The van der Waals surface area contributed by atoms with Gasteiger partial charge in [-0.15, -0.1) is 11.3 Å². The van der Waals surface area contributed by atoms with Crippen molar-refractivity contribution in [2.24, 2.45) is 0 Å². The van der Waals surface area contributed by atoms with Gasteiger partial charge in [0, 0.05) is 6.54 Å². The number of hydrogen-bond donors (Lipinski definition) is 2. The van der Waals surface area contributed by atoms with Crippen molar-refractivity contribution in [1.82, 2.24) is 20.1 Å². The van der Waals surface area contributed by atoms with Crippen LogP contribution in [0, 0.1) is 10.6 Å². The number of aromatic amines is 1. The lowest BCUT2D eigenvalue weighted by Crippen LogP contribution is -2.31. The van der Waals surface area contributed by atoms with Gasteiger partial charge in [-0.05, 0) is 48.3 Å². The maximum atomic E-state index is 12.9. The standard InChI is InChI=1S/C16H15FN4OS2/c1-10(15(22)18-9-11-4-6-12(17)7-5-11)21-14(19-20-16(21)23)13-3-2-8-24-13/h2-8,10H,9H2,1H3,(H,18,22)(H,20,23). The molecule has 1 amide bonds. The van der Waals surface area contributed by atoms with Gasteiger partial charge in [0.1, 0.15) is 11.9 Å². The Morgan fingerprint density at radius 1 is 1.42 bits per heavy atom. The summed E-state index contributed by atoms with van der Waals surface area (Å²) in [5.74, 6) is 0.151. The van der Waals surface area contributed by atoms with E-state index >= 15 is 0 Å². The topological polar surface area (TPSA) is 62.7 Å². The highest BCUT2D eigenvalue weighted by atomic mass is 32.1. The monoisotopic (exact) mass is 362 g/mol. The number of nitrogens with one attached hydrogen (secondary N) is 2. The van der Waals surface area contributed by atoms with Crippen LogP contribution in [-0.4, -0.2) is 20.7 Å². The molecule has 0 bridgehead atoms. The zero-order chi connectivity index (χ0) is 17.1. The van der Waals surface area contributed by atoms with Crippen molar-refractivity contribution >= 4 is 29.5 Å². The van der Waals surface area contributed by atoms with Crippen LogP contribution in [0.3, 0.4) is 0 Å². The second-order valence-electron chi connectivity index (χ2n) is 5.22. The summed E-state index contributed by atoms with van der Waals surface area (Å²) in [7, 11) is 0. The first-order chi connectivity index (χ1) is 11.6. The molecule has 1 aromatic carbocycles. The number of rotatable bonds is 5. The van der Waals surface area contributed by atoms with Gasteiger partial charge in [0.2, 0.25) is 5.91 Å². The summed E-state index contributed by atoms with van der Waals surface area (Å²) in [6.07, 6.45) is 0. The molecule has 0 saturated carbocycles. The lowest BCUT2D eigenvalue weighted by molar-refractivity contribution is -0.124. The van der Waals surface area contributed by atoms with Crippen molar-refractivity contribution in [2.45, 2.75) is 19.5 Å². The van der Waals surface area contributed by atoms with E-state index in [1.165, 1.54) is 23.5 Å². The van der Waals surface area contributed by atoms with Gasteiger partial charge >= 0.3 is 0 Å². The third-order valence-electron chi connectivity index (χ3n) is 3.59. The quantitative estimate of drug-likeness (QED) is 0.681. The van der Waals surface area contributed by atoms with E-state index in [4.69, 9.17) is 12.2 Å². The minimum absolute atomic E-state index is 0.186. The maximum absolute atomic E-state index is 12.9. The largest absolute Gasteiger partial charge is 0.350 e. The van der Waals surface area contributed by atoms with Crippen LogP contribution in [-0.2, 0) is 11.3 Å². The molecular weight excluding hydrogens is 347 g/mol. The van der Waals surface area contributed by atoms with Gasteiger partial charge in [-0.1, -0.05) is 18.2 Å². The zero-order valence-electron chi connectivity index (χ0n) is 12.8. The normalized spacial score (nSPS) is 12.1. The summed E-state index contributed by atoms with van der Waals surface area (Å²) in [5, 5.41) is 11.7. The molecular formula is C16H15FN4OS2. The van der Waals surface area contributed by atoms with E-state index in [9.17, 15) is 9.18 Å². The Hall–Kier alpha value is -2.32. The number of aromatic nitrogens is 3. The average molecular weight is 362 g/mol. The Balaban J connectivity index is 1.75. The highest BCUT2D eigenvalue weighted by Crippen LogP contribution is 2.25. The molecule has 2 heterocycles. The highest BCUT2D eigenvalue weighted by molar-refractivity contribution is 7.71. The van der Waals surface area contributed by atoms with Gasteiger partial charge < -0.3 is 5.32 Å². The van der Waals surface area contributed by atoms with Crippen LogP contribution in [0.5, 0.6) is 0 Å². The molecule has 5 nitrogen and oxygen atoms in total. The summed E-state index contributed by atoms with van der Waals surface area (Å²) in [6.45, 7) is 2.09. The van der Waals surface area contributed by atoms with Crippen LogP contribution in [0.4, 0.5) is 4.39 Å². The van der Waals surface area contributed by atoms with E-state index in [1.54, 1.807) is 23.6 Å². The van der Waals surface area contributed by atoms with Crippen LogP contribution in [0.15, 0.2) is 41.8 Å². The first-order valence-corrected chi connectivity index (χ1v) is 8.58. The third kappa shape index (κ3) is 3.44. The van der Waals surface area contributed by atoms with Crippen molar-refractivity contribution < 1.29 is 9.18 Å². The molecule has 0 saturated heterocycles. The number of thiophene rings is 1. The molecule has 0 fully saturated rings. The van der Waals surface area contributed by atoms with E-state index < -0.39 is 6.04 Å². The van der Waals surface area contributed by atoms with Crippen molar-refractivity contribution in [3.63, 3.8) is 0 Å². The summed E-state index contributed by atoms with van der Waals surface area (Å²) in [6, 6.07) is 9.34. The van der Waals surface area contributed by atoms with Crippen LogP contribution in [0.25, 0.3) is 10.7 Å². The van der Waals surface area contributed by atoms with Crippen LogP contribution in [0.2, 0.25) is 0 Å². The summed E-state index contributed by atoms with van der Waals surface area (Å²) in [4.78, 5) is 13.4. The lowest BCUT2D eigenvalue weighted by atomic mass is 10.2. The van der Waals surface area contributed by atoms with Gasteiger partial charge in [-0.2, -0.15) is 5.10 Å². The Morgan fingerprint density at radius 2 is 2.17 bits per heavy atom. The van der Waals surface area contributed by atoms with E-state index in [0.717, 1.165) is 10.4 Å². The SMILES string of the molecule is CC(C(=O)NCc1ccc(F)cc1)n1c(-c2cccs2)n[nH]c1=S. The average Bonchev–Trinajstić information content (AvgIpc) is 3.22. The molecule has 0 spiro atoms. The van der Waals surface area contributed by atoms with Gasteiger partial charge in [0.05, 0.1) is 4.88 Å². The molecule has 124 valence electrons. The number of carbonyl (C=O) groups excluding carboxylic acids is 1. The molecule has 0 aliphatic rings. The van der Waals surface area contributed by atoms with Crippen LogP contribution >= 0.6 is 23.6 Å². The minimum Gasteiger partial charge on any atom is -0.350 e. The molecule has 0 radical (unpaired) electrons. The lowest BCUT2D eigenvalue weighted by Gasteiger charge is -2.15. The van der Waals surface area contributed by atoms with Gasteiger partial charge in [0.15, 0.2) is 10.6 Å². The Labute approximate surface area is 147 Å². The summed E-state index contributed by atoms with van der Waals surface area (Å²) in [5.41, 5.74) is 0.825. The first-order valence-electron chi connectivity index (χ1n) is 7.29. The highest BCUT2D eigenvalue weighted by Gasteiger charge is 2.21. The Kier molecular flexibility index (Phi) is 4.86. The Bertz CT molecular complexity index is 884. The zero-order valence-corrected chi connectivity index (χ0v) is 14.5. The molecule has 0 aliphatic heterocycles. The number of amides is 1. The van der Waals surface area contributed by atoms with Crippen LogP contribution in [0.1, 0.15) is 18.5 Å². The number of H-pyrrole nitrogens is 1. The van der Waals surface area contributed by atoms with E-state index in [2.05, 4.69) is 15.5 Å². The van der Waals surface area contributed by atoms with Crippen LogP contribution < -0.4 is 5.32 Å². The fourth-order valence-corrected chi connectivity index (χ4v) is 3.30. The number of nitrogens with zero attached hydrogens (tertiary/aromatic N) is 2. The predicted molar refractivity (Wildman–Crippen MR) is 93.7 cm³/mol. The van der Waals surface area contributed by atoms with E-state index in [0.29, 0.717) is 17.1 Å². The number of benzene rings is 1. The molecule has 0 aliphatic carbocycles. The molecule has 2 aromatic heterocycles. The van der Waals surface area contributed by atoms with E-state index in [-0.39, 0.29) is 11.7 Å². The number of carbonyl (C=O) groups is 1. The molecule has 3 rings (SSSR count). The van der Waals surface area contributed by atoms with Crippen molar-refractivity contribution in [2.75, 3.05) is 0 Å². The molecule has 1 atom stereocenters. The van der Waals surface area contributed by atoms with Crippen molar-refractivity contribution in [3.8, 4) is 10.7 Å².